The average molecular weight is 392 g/mol. The van der Waals surface area contributed by atoms with E-state index in [0.29, 0.717) is 16.5 Å². The molecule has 6 nitrogen and oxygen atoms in total. The summed E-state index contributed by atoms with van der Waals surface area (Å²) >= 11 is 6.73. The minimum Gasteiger partial charge on any atom is -0.465 e. The van der Waals surface area contributed by atoms with Crippen LogP contribution in [-0.2, 0) is 14.3 Å². The van der Waals surface area contributed by atoms with Gasteiger partial charge in [0.25, 0.3) is 11.1 Å². The van der Waals surface area contributed by atoms with Crippen LogP contribution in [0.5, 0.6) is 0 Å². The third-order valence-corrected chi connectivity index (χ3v) is 4.62. The number of rotatable bonds is 5. The molecule has 0 N–H and O–H groups in total. The molecular formula is C18H14ClNO5S. The highest BCUT2D eigenvalue weighted by Gasteiger charge is 2.36. The fourth-order valence-electron chi connectivity index (χ4n) is 2.33. The molecule has 134 valence electrons. The highest BCUT2D eigenvalue weighted by atomic mass is 35.5. The standard InChI is InChI=1S/C18H14ClNO5S/c1-2-24-16(21)10-20-17(22)15(26-18(20)23)9-13-6-7-14(25-13)11-4-3-5-12(19)8-11/h3-9H,2,10H2,1H3/b15-9-. The lowest BCUT2D eigenvalue weighted by Crippen LogP contribution is -2.34. The summed E-state index contributed by atoms with van der Waals surface area (Å²) in [7, 11) is 0. The van der Waals surface area contributed by atoms with E-state index in [4.69, 9.17) is 20.8 Å². The SMILES string of the molecule is CCOC(=O)CN1C(=O)S/C(=C\c2ccc(-c3cccc(Cl)c3)o2)C1=O. The Morgan fingerprint density at radius 3 is 2.85 bits per heavy atom. The van der Waals surface area contributed by atoms with E-state index in [9.17, 15) is 14.4 Å². The lowest BCUT2D eigenvalue weighted by Gasteiger charge is -2.10. The number of nitrogens with zero attached hydrogens (tertiary/aromatic N) is 1. The van der Waals surface area contributed by atoms with E-state index in [1.165, 1.54) is 6.08 Å². The Bertz CT molecular complexity index is 904. The van der Waals surface area contributed by atoms with Crippen molar-refractivity contribution >= 4 is 46.6 Å². The van der Waals surface area contributed by atoms with Crippen LogP contribution in [0, 0.1) is 0 Å². The Balaban J connectivity index is 1.77. The summed E-state index contributed by atoms with van der Waals surface area (Å²) in [6.45, 7) is 1.44. The predicted octanol–water partition coefficient (Wildman–Crippen LogP) is 4.20. The third kappa shape index (κ3) is 4.00. The largest absolute Gasteiger partial charge is 0.465 e. The van der Waals surface area contributed by atoms with Gasteiger partial charge < -0.3 is 9.15 Å². The van der Waals surface area contributed by atoms with E-state index in [0.717, 1.165) is 22.2 Å². The molecule has 2 aromatic rings. The summed E-state index contributed by atoms with van der Waals surface area (Å²) in [6.07, 6.45) is 1.48. The van der Waals surface area contributed by atoms with Crippen LogP contribution in [0.2, 0.25) is 5.02 Å². The molecule has 1 aromatic carbocycles. The van der Waals surface area contributed by atoms with Gasteiger partial charge in [-0.2, -0.15) is 0 Å². The van der Waals surface area contributed by atoms with Crippen molar-refractivity contribution in [3.8, 4) is 11.3 Å². The van der Waals surface area contributed by atoms with E-state index in [-0.39, 0.29) is 11.5 Å². The number of esters is 1. The summed E-state index contributed by atoms with van der Waals surface area (Å²) in [4.78, 5) is 36.9. The predicted molar refractivity (Wildman–Crippen MR) is 98.5 cm³/mol. The molecule has 1 aliphatic rings. The Morgan fingerprint density at radius 2 is 2.12 bits per heavy atom. The number of hydrogen-bond acceptors (Lipinski definition) is 6. The normalized spacial score (nSPS) is 15.8. The molecule has 0 saturated carbocycles. The zero-order valence-electron chi connectivity index (χ0n) is 13.7. The van der Waals surface area contributed by atoms with Crippen LogP contribution in [0.4, 0.5) is 4.79 Å². The summed E-state index contributed by atoms with van der Waals surface area (Å²) in [6, 6.07) is 10.6. The second kappa shape index (κ2) is 7.80. The van der Waals surface area contributed by atoms with Crippen LogP contribution in [-0.4, -0.2) is 35.2 Å². The Kier molecular flexibility index (Phi) is 5.49. The number of halogens is 1. The third-order valence-electron chi connectivity index (χ3n) is 3.48. The summed E-state index contributed by atoms with van der Waals surface area (Å²) < 4.78 is 10.5. The first-order chi connectivity index (χ1) is 12.5. The molecule has 1 aromatic heterocycles. The van der Waals surface area contributed by atoms with Crippen LogP contribution >= 0.6 is 23.4 Å². The molecule has 0 atom stereocenters. The number of carbonyl (C=O) groups is 3. The maximum Gasteiger partial charge on any atom is 0.326 e. The maximum atomic E-state index is 12.3. The zero-order valence-corrected chi connectivity index (χ0v) is 15.3. The first-order valence-corrected chi connectivity index (χ1v) is 8.94. The first kappa shape index (κ1) is 18.3. The van der Waals surface area contributed by atoms with Crippen molar-refractivity contribution in [2.75, 3.05) is 13.2 Å². The lowest BCUT2D eigenvalue weighted by atomic mass is 10.2. The van der Waals surface area contributed by atoms with Gasteiger partial charge >= 0.3 is 5.97 Å². The molecule has 3 rings (SSSR count). The smallest absolute Gasteiger partial charge is 0.326 e. The molecule has 1 saturated heterocycles. The number of ether oxygens (including phenoxy) is 1. The number of furan rings is 1. The molecule has 0 radical (unpaired) electrons. The van der Waals surface area contributed by atoms with Crippen molar-refractivity contribution in [1.29, 1.82) is 0 Å². The van der Waals surface area contributed by atoms with Gasteiger partial charge in [-0.3, -0.25) is 19.3 Å². The number of imide groups is 1. The van der Waals surface area contributed by atoms with Gasteiger partial charge in [0, 0.05) is 16.7 Å². The molecular weight excluding hydrogens is 378 g/mol. The Labute approximate surface area is 158 Å². The highest BCUT2D eigenvalue weighted by Crippen LogP contribution is 2.33. The van der Waals surface area contributed by atoms with Gasteiger partial charge in [0.05, 0.1) is 11.5 Å². The van der Waals surface area contributed by atoms with Crippen molar-refractivity contribution in [2.24, 2.45) is 0 Å². The monoisotopic (exact) mass is 391 g/mol. The fourth-order valence-corrected chi connectivity index (χ4v) is 3.34. The molecule has 1 aliphatic heterocycles. The second-order valence-electron chi connectivity index (χ2n) is 5.29. The van der Waals surface area contributed by atoms with Gasteiger partial charge in [-0.15, -0.1) is 0 Å². The van der Waals surface area contributed by atoms with E-state index in [2.05, 4.69) is 0 Å². The van der Waals surface area contributed by atoms with Gasteiger partial charge in [-0.25, -0.2) is 0 Å². The topological polar surface area (TPSA) is 76.8 Å². The van der Waals surface area contributed by atoms with Gasteiger partial charge in [0.2, 0.25) is 0 Å². The van der Waals surface area contributed by atoms with E-state index in [1.807, 2.05) is 6.07 Å². The molecule has 0 aliphatic carbocycles. The Morgan fingerprint density at radius 1 is 1.31 bits per heavy atom. The first-order valence-electron chi connectivity index (χ1n) is 7.74. The van der Waals surface area contributed by atoms with Gasteiger partial charge in [-0.05, 0) is 43.0 Å². The number of hydrogen-bond donors (Lipinski definition) is 0. The van der Waals surface area contributed by atoms with Crippen LogP contribution in [0.1, 0.15) is 12.7 Å². The zero-order chi connectivity index (χ0) is 18.7. The molecule has 26 heavy (non-hydrogen) atoms. The van der Waals surface area contributed by atoms with Crippen molar-refractivity contribution in [3.63, 3.8) is 0 Å². The van der Waals surface area contributed by atoms with Gasteiger partial charge in [-0.1, -0.05) is 23.7 Å². The molecule has 2 amide bonds. The van der Waals surface area contributed by atoms with Crippen LogP contribution < -0.4 is 0 Å². The molecule has 0 spiro atoms. The van der Waals surface area contributed by atoms with Gasteiger partial charge in [0.1, 0.15) is 18.1 Å². The van der Waals surface area contributed by atoms with Crippen molar-refractivity contribution in [2.45, 2.75) is 6.92 Å². The van der Waals surface area contributed by atoms with E-state index < -0.39 is 23.7 Å². The fraction of sp³-hybridized carbons (Fsp3) is 0.167. The molecule has 2 heterocycles. The van der Waals surface area contributed by atoms with E-state index >= 15 is 0 Å². The number of amides is 2. The van der Waals surface area contributed by atoms with E-state index in [1.54, 1.807) is 37.3 Å². The highest BCUT2D eigenvalue weighted by molar-refractivity contribution is 8.18. The minimum absolute atomic E-state index is 0.184. The van der Waals surface area contributed by atoms with Crippen molar-refractivity contribution in [3.05, 3.63) is 52.1 Å². The summed E-state index contributed by atoms with van der Waals surface area (Å²) in [5.41, 5.74) is 0.799. The molecule has 0 bridgehead atoms. The Hall–Kier alpha value is -2.51. The number of carbonyl (C=O) groups excluding carboxylic acids is 3. The lowest BCUT2D eigenvalue weighted by molar-refractivity contribution is -0.145. The van der Waals surface area contributed by atoms with Gasteiger partial charge in [0.15, 0.2) is 0 Å². The average Bonchev–Trinajstić information content (AvgIpc) is 3.16. The molecule has 0 unspecified atom stereocenters. The number of benzene rings is 1. The van der Waals surface area contributed by atoms with Crippen molar-refractivity contribution < 1.29 is 23.5 Å². The van der Waals surface area contributed by atoms with Crippen LogP contribution in [0.25, 0.3) is 17.4 Å². The molecule has 8 heteroatoms. The minimum atomic E-state index is -0.628. The molecule has 1 fully saturated rings. The second-order valence-corrected chi connectivity index (χ2v) is 6.71. The quantitative estimate of drug-likeness (QED) is 0.561. The maximum absolute atomic E-state index is 12.3. The summed E-state index contributed by atoms with van der Waals surface area (Å²) in [5.74, 6) is -0.169. The van der Waals surface area contributed by atoms with Crippen LogP contribution in [0.3, 0.4) is 0 Å². The summed E-state index contributed by atoms with van der Waals surface area (Å²) in [5, 5.41) is 0.0662. The number of thioether (sulfide) groups is 1. The van der Waals surface area contributed by atoms with Crippen molar-refractivity contribution in [1.82, 2.24) is 4.90 Å². The van der Waals surface area contributed by atoms with Crippen LogP contribution in [0.15, 0.2) is 45.7 Å².